The topological polar surface area (TPSA) is 67.4 Å². The van der Waals surface area contributed by atoms with Gasteiger partial charge in [-0.3, -0.25) is 4.72 Å². The molecule has 0 aliphatic heterocycles. The van der Waals surface area contributed by atoms with E-state index in [4.69, 9.17) is 4.74 Å². The number of hydrogen-bond donors (Lipinski definition) is 2. The molecule has 2 aromatic carbocycles. The summed E-state index contributed by atoms with van der Waals surface area (Å²) in [6.45, 7) is 0. The number of methoxy groups -OCH3 is 1. The maximum absolute atomic E-state index is 12.2. The zero-order valence-corrected chi connectivity index (χ0v) is 12.1. The molecule has 0 saturated heterocycles. The Morgan fingerprint density at radius 1 is 0.900 bits per heavy atom. The lowest BCUT2D eigenvalue weighted by atomic mass is 10.3. The summed E-state index contributed by atoms with van der Waals surface area (Å²) in [6.07, 6.45) is 0. The lowest BCUT2D eigenvalue weighted by Gasteiger charge is -2.09. The molecule has 2 rings (SSSR count). The van der Waals surface area contributed by atoms with E-state index in [0.29, 0.717) is 11.4 Å². The zero-order chi connectivity index (χ0) is 14.6. The number of benzene rings is 2. The average Bonchev–Trinajstić information content (AvgIpc) is 2.48. The van der Waals surface area contributed by atoms with Gasteiger partial charge in [-0.25, -0.2) is 8.42 Å². The van der Waals surface area contributed by atoms with Gasteiger partial charge in [-0.15, -0.1) is 0 Å². The van der Waals surface area contributed by atoms with Crippen molar-refractivity contribution in [3.63, 3.8) is 0 Å². The lowest BCUT2D eigenvalue weighted by molar-refractivity contribution is 0.415. The van der Waals surface area contributed by atoms with Crippen molar-refractivity contribution in [1.29, 1.82) is 0 Å². The Morgan fingerprint density at radius 2 is 1.45 bits per heavy atom. The maximum Gasteiger partial charge on any atom is 0.261 e. The first-order valence-corrected chi connectivity index (χ1v) is 7.48. The Morgan fingerprint density at radius 3 is 1.95 bits per heavy atom. The molecule has 2 N–H and O–H groups in total. The predicted octanol–water partition coefficient (Wildman–Crippen LogP) is 2.54. The molecule has 0 aliphatic carbocycles. The van der Waals surface area contributed by atoms with Gasteiger partial charge in [0, 0.05) is 18.4 Å². The molecule has 0 atom stereocenters. The first-order valence-electron chi connectivity index (χ1n) is 6.00. The number of nitrogens with one attached hydrogen (secondary N) is 2. The van der Waals surface area contributed by atoms with Crippen LogP contribution in [0.1, 0.15) is 0 Å². The van der Waals surface area contributed by atoms with Crippen LogP contribution < -0.4 is 14.8 Å². The molecule has 0 radical (unpaired) electrons. The first kappa shape index (κ1) is 14.2. The highest BCUT2D eigenvalue weighted by Crippen LogP contribution is 2.20. The molecule has 0 unspecified atom stereocenters. The molecule has 0 aromatic heterocycles. The Bertz CT molecular complexity index is 665. The van der Waals surface area contributed by atoms with Gasteiger partial charge in [0.15, 0.2) is 0 Å². The van der Waals surface area contributed by atoms with Gasteiger partial charge in [0.25, 0.3) is 10.0 Å². The molecular weight excluding hydrogens is 276 g/mol. The number of ether oxygens (including phenoxy) is 1. The highest BCUT2D eigenvalue weighted by Gasteiger charge is 2.13. The van der Waals surface area contributed by atoms with Crippen molar-refractivity contribution in [2.45, 2.75) is 4.90 Å². The van der Waals surface area contributed by atoms with Gasteiger partial charge < -0.3 is 10.1 Å². The van der Waals surface area contributed by atoms with Gasteiger partial charge in [-0.2, -0.15) is 0 Å². The quantitative estimate of drug-likeness (QED) is 0.888. The minimum absolute atomic E-state index is 0.215. The van der Waals surface area contributed by atoms with E-state index in [-0.39, 0.29) is 4.90 Å². The van der Waals surface area contributed by atoms with Crippen LogP contribution in [0.15, 0.2) is 53.4 Å². The van der Waals surface area contributed by atoms with Crippen LogP contribution in [0.4, 0.5) is 11.4 Å². The van der Waals surface area contributed by atoms with Crippen LogP contribution in [-0.4, -0.2) is 22.6 Å². The summed E-state index contributed by atoms with van der Waals surface area (Å²) in [7, 11) is -0.242. The van der Waals surface area contributed by atoms with E-state index in [1.54, 1.807) is 62.7 Å². The summed E-state index contributed by atoms with van der Waals surface area (Å²) in [5.41, 5.74) is 1.34. The smallest absolute Gasteiger partial charge is 0.261 e. The van der Waals surface area contributed by atoms with E-state index in [9.17, 15) is 8.42 Å². The van der Waals surface area contributed by atoms with Crippen LogP contribution in [0, 0.1) is 0 Å². The summed E-state index contributed by atoms with van der Waals surface area (Å²) in [6, 6.07) is 13.2. The standard InChI is InChI=1S/C14H16N2O3S/c1-15-11-5-9-14(10-6-11)20(17,18)16-12-3-7-13(19-2)8-4-12/h3-10,15-16H,1-2H3. The van der Waals surface area contributed by atoms with Gasteiger partial charge in [0.1, 0.15) is 5.75 Å². The molecule has 20 heavy (non-hydrogen) atoms. The second kappa shape index (κ2) is 5.83. The fourth-order valence-electron chi connectivity index (χ4n) is 1.67. The van der Waals surface area contributed by atoms with Gasteiger partial charge in [-0.1, -0.05) is 0 Å². The van der Waals surface area contributed by atoms with Crippen molar-refractivity contribution in [2.24, 2.45) is 0 Å². The Hall–Kier alpha value is -2.21. The highest BCUT2D eigenvalue weighted by atomic mass is 32.2. The maximum atomic E-state index is 12.2. The fourth-order valence-corrected chi connectivity index (χ4v) is 2.73. The van der Waals surface area contributed by atoms with Crippen molar-refractivity contribution in [3.8, 4) is 5.75 Å². The zero-order valence-electron chi connectivity index (χ0n) is 11.3. The van der Waals surface area contributed by atoms with Gasteiger partial charge in [0.2, 0.25) is 0 Å². The summed E-state index contributed by atoms with van der Waals surface area (Å²) in [5, 5.41) is 2.94. The number of rotatable bonds is 5. The third kappa shape index (κ3) is 3.21. The average molecular weight is 292 g/mol. The molecule has 2 aromatic rings. The lowest BCUT2D eigenvalue weighted by Crippen LogP contribution is -2.12. The molecule has 0 fully saturated rings. The Balaban J connectivity index is 2.20. The van der Waals surface area contributed by atoms with Crippen molar-refractivity contribution in [3.05, 3.63) is 48.5 Å². The summed E-state index contributed by atoms with van der Waals surface area (Å²) < 4.78 is 31.9. The minimum Gasteiger partial charge on any atom is -0.497 e. The molecule has 0 heterocycles. The largest absolute Gasteiger partial charge is 0.497 e. The summed E-state index contributed by atoms with van der Waals surface area (Å²) in [4.78, 5) is 0.215. The van der Waals surface area contributed by atoms with Crippen LogP contribution in [0.2, 0.25) is 0 Å². The van der Waals surface area contributed by atoms with Crippen molar-refractivity contribution in [1.82, 2.24) is 0 Å². The molecule has 106 valence electrons. The van der Waals surface area contributed by atoms with Crippen LogP contribution in [-0.2, 0) is 10.0 Å². The first-order chi connectivity index (χ1) is 9.55. The van der Waals surface area contributed by atoms with E-state index >= 15 is 0 Å². The molecule has 5 nitrogen and oxygen atoms in total. The Kier molecular flexibility index (Phi) is 4.14. The normalized spacial score (nSPS) is 10.9. The summed E-state index contributed by atoms with van der Waals surface area (Å²) in [5.74, 6) is 0.673. The van der Waals surface area contributed by atoms with E-state index in [0.717, 1.165) is 5.69 Å². The van der Waals surface area contributed by atoms with Crippen LogP contribution in [0.5, 0.6) is 5.75 Å². The Labute approximate surface area is 118 Å². The van der Waals surface area contributed by atoms with Gasteiger partial charge >= 0.3 is 0 Å². The van der Waals surface area contributed by atoms with Gasteiger partial charge in [-0.05, 0) is 48.5 Å². The van der Waals surface area contributed by atoms with Crippen molar-refractivity contribution >= 4 is 21.4 Å². The molecule has 0 spiro atoms. The van der Waals surface area contributed by atoms with Crippen molar-refractivity contribution in [2.75, 3.05) is 24.2 Å². The highest BCUT2D eigenvalue weighted by molar-refractivity contribution is 7.92. The van der Waals surface area contributed by atoms with Crippen molar-refractivity contribution < 1.29 is 13.2 Å². The SMILES string of the molecule is CNc1ccc(S(=O)(=O)Nc2ccc(OC)cc2)cc1. The van der Waals surface area contributed by atoms with Crippen LogP contribution >= 0.6 is 0 Å². The summed E-state index contributed by atoms with van der Waals surface area (Å²) >= 11 is 0. The van der Waals surface area contributed by atoms with E-state index in [1.807, 2.05) is 0 Å². The fraction of sp³-hybridized carbons (Fsp3) is 0.143. The molecule has 0 amide bonds. The molecule has 0 aliphatic rings. The number of anilines is 2. The number of sulfonamides is 1. The number of hydrogen-bond acceptors (Lipinski definition) is 4. The van der Waals surface area contributed by atoms with E-state index in [2.05, 4.69) is 10.0 Å². The predicted molar refractivity (Wildman–Crippen MR) is 79.8 cm³/mol. The second-order valence-corrected chi connectivity index (χ2v) is 5.79. The minimum atomic E-state index is -3.58. The monoisotopic (exact) mass is 292 g/mol. The second-order valence-electron chi connectivity index (χ2n) is 4.11. The third-order valence-electron chi connectivity index (χ3n) is 2.80. The van der Waals surface area contributed by atoms with Crippen LogP contribution in [0.3, 0.4) is 0 Å². The van der Waals surface area contributed by atoms with Gasteiger partial charge in [0.05, 0.1) is 12.0 Å². The molecule has 6 heteroatoms. The molecule has 0 saturated carbocycles. The van der Waals surface area contributed by atoms with Crippen LogP contribution in [0.25, 0.3) is 0 Å². The third-order valence-corrected chi connectivity index (χ3v) is 4.19. The van der Waals surface area contributed by atoms with E-state index < -0.39 is 10.0 Å². The molecular formula is C14H16N2O3S. The van der Waals surface area contributed by atoms with E-state index in [1.165, 1.54) is 0 Å². The molecule has 0 bridgehead atoms.